The fourth-order valence-corrected chi connectivity index (χ4v) is 3.66. The van der Waals surface area contributed by atoms with Gasteiger partial charge in [-0.25, -0.2) is 0 Å². The monoisotopic (exact) mass is 301 g/mol. The number of carboxylic acids is 1. The highest BCUT2D eigenvalue weighted by atomic mass is 28.4. The Balaban J connectivity index is 2.78. The number of amides is 1. The van der Waals surface area contributed by atoms with Crippen molar-refractivity contribution in [3.63, 3.8) is 0 Å². The van der Waals surface area contributed by atoms with Crippen LogP contribution in [0.15, 0.2) is 0 Å². The van der Waals surface area contributed by atoms with Crippen LogP contribution in [0, 0.1) is 11.8 Å². The number of carbonyl (C=O) groups is 2. The molecule has 1 rings (SSSR count). The lowest BCUT2D eigenvalue weighted by Crippen LogP contribution is -2.66. The quantitative estimate of drug-likeness (QED) is 0.603. The standard InChI is InChI=1S/C14H27NO4Si/c1-8(13(17)18)11-10(12(16)15-11)9(2)19-20(6,7)14(3,4)5/h8-11H,1-7H3,(H,15,16)(H,17,18)/t8-,9-,10-,11-/m1/s1. The van der Waals surface area contributed by atoms with Crippen LogP contribution >= 0.6 is 0 Å². The molecule has 4 atom stereocenters. The summed E-state index contributed by atoms with van der Waals surface area (Å²) < 4.78 is 6.22. The van der Waals surface area contributed by atoms with Crippen LogP contribution in [-0.2, 0) is 14.0 Å². The van der Waals surface area contributed by atoms with E-state index in [0.29, 0.717) is 0 Å². The Bertz CT molecular complexity index is 402. The molecule has 6 heteroatoms. The van der Waals surface area contributed by atoms with E-state index in [-0.39, 0.29) is 29.0 Å². The summed E-state index contributed by atoms with van der Waals surface area (Å²) >= 11 is 0. The van der Waals surface area contributed by atoms with Gasteiger partial charge in [-0.05, 0) is 32.0 Å². The van der Waals surface area contributed by atoms with Gasteiger partial charge in [0.1, 0.15) is 0 Å². The first-order chi connectivity index (χ1) is 8.88. The lowest BCUT2D eigenvalue weighted by Gasteiger charge is -2.46. The minimum Gasteiger partial charge on any atom is -0.481 e. The average Bonchev–Trinajstić information content (AvgIpc) is 2.21. The number of aliphatic carboxylic acids is 1. The van der Waals surface area contributed by atoms with Gasteiger partial charge in [0.15, 0.2) is 8.32 Å². The molecule has 0 unspecified atom stereocenters. The highest BCUT2D eigenvalue weighted by molar-refractivity contribution is 6.74. The van der Waals surface area contributed by atoms with Crippen molar-refractivity contribution in [3.05, 3.63) is 0 Å². The highest BCUT2D eigenvalue weighted by Crippen LogP contribution is 2.39. The summed E-state index contributed by atoms with van der Waals surface area (Å²) in [5, 5.41) is 11.8. The molecule has 1 saturated heterocycles. The van der Waals surface area contributed by atoms with Crippen LogP contribution < -0.4 is 5.32 Å². The molecule has 1 heterocycles. The second-order valence-electron chi connectivity index (χ2n) is 7.27. The van der Waals surface area contributed by atoms with Gasteiger partial charge in [0.05, 0.1) is 24.0 Å². The van der Waals surface area contributed by atoms with Crippen molar-refractivity contribution in [2.45, 2.75) is 64.9 Å². The summed E-state index contributed by atoms with van der Waals surface area (Å²) in [4.78, 5) is 22.8. The average molecular weight is 301 g/mol. The number of hydrogen-bond acceptors (Lipinski definition) is 3. The molecule has 1 fully saturated rings. The maximum absolute atomic E-state index is 11.8. The Morgan fingerprint density at radius 2 is 1.85 bits per heavy atom. The predicted molar refractivity (Wildman–Crippen MR) is 80.0 cm³/mol. The molecule has 0 aromatic carbocycles. The Hall–Kier alpha value is -0.883. The van der Waals surface area contributed by atoms with E-state index in [1.54, 1.807) is 6.92 Å². The fourth-order valence-electron chi connectivity index (χ4n) is 2.23. The first-order valence-corrected chi connectivity index (χ1v) is 10.0. The van der Waals surface area contributed by atoms with Crippen LogP contribution in [0.5, 0.6) is 0 Å². The van der Waals surface area contributed by atoms with Crippen molar-refractivity contribution < 1.29 is 19.1 Å². The zero-order chi connectivity index (χ0) is 15.9. The van der Waals surface area contributed by atoms with E-state index in [4.69, 9.17) is 9.53 Å². The van der Waals surface area contributed by atoms with E-state index in [1.807, 2.05) is 6.92 Å². The molecule has 1 amide bonds. The minimum absolute atomic E-state index is 0.0649. The summed E-state index contributed by atoms with van der Waals surface area (Å²) in [5.74, 6) is -1.95. The molecule has 0 spiro atoms. The Labute approximate surface area is 122 Å². The van der Waals surface area contributed by atoms with Gasteiger partial charge in [-0.15, -0.1) is 0 Å². The number of nitrogens with one attached hydrogen (secondary N) is 1. The molecule has 20 heavy (non-hydrogen) atoms. The molecule has 1 aliphatic heterocycles. The molecule has 0 aliphatic carbocycles. The van der Waals surface area contributed by atoms with Gasteiger partial charge in [-0.1, -0.05) is 20.8 Å². The molecule has 2 N–H and O–H groups in total. The van der Waals surface area contributed by atoms with E-state index in [2.05, 4.69) is 39.2 Å². The zero-order valence-corrected chi connectivity index (χ0v) is 14.5. The van der Waals surface area contributed by atoms with E-state index in [0.717, 1.165) is 0 Å². The molecule has 0 radical (unpaired) electrons. The molecule has 0 bridgehead atoms. The molecule has 5 nitrogen and oxygen atoms in total. The lowest BCUT2D eigenvalue weighted by molar-refractivity contribution is -0.151. The topological polar surface area (TPSA) is 75.6 Å². The second-order valence-corrected chi connectivity index (χ2v) is 12.0. The SMILES string of the molecule is C[C@@H](O[Si](C)(C)C(C)(C)C)[C@H]1C(=O)N[C@@H]1[C@@H](C)C(=O)O. The largest absolute Gasteiger partial charge is 0.481 e. The van der Waals surface area contributed by atoms with Crippen LogP contribution in [0.3, 0.4) is 0 Å². The Morgan fingerprint density at radius 3 is 2.20 bits per heavy atom. The van der Waals surface area contributed by atoms with Crippen LogP contribution in [0.1, 0.15) is 34.6 Å². The molecule has 1 aliphatic rings. The van der Waals surface area contributed by atoms with Crippen LogP contribution in [-0.4, -0.2) is 37.4 Å². The van der Waals surface area contributed by atoms with Gasteiger partial charge in [0.2, 0.25) is 5.91 Å². The van der Waals surface area contributed by atoms with Crippen molar-refractivity contribution in [1.82, 2.24) is 5.32 Å². The summed E-state index contributed by atoms with van der Waals surface area (Å²) in [6.45, 7) is 14.2. The van der Waals surface area contributed by atoms with Gasteiger partial charge in [0, 0.05) is 0 Å². The lowest BCUT2D eigenvalue weighted by atomic mass is 9.79. The summed E-state index contributed by atoms with van der Waals surface area (Å²) in [7, 11) is -1.96. The van der Waals surface area contributed by atoms with Gasteiger partial charge < -0.3 is 14.8 Å². The van der Waals surface area contributed by atoms with Crippen molar-refractivity contribution in [2.75, 3.05) is 0 Å². The van der Waals surface area contributed by atoms with Gasteiger partial charge >= 0.3 is 5.97 Å². The summed E-state index contributed by atoms with van der Waals surface area (Å²) in [6.07, 6.45) is -0.253. The molecular formula is C14H27NO4Si. The van der Waals surface area contributed by atoms with Gasteiger partial charge in [-0.3, -0.25) is 9.59 Å². The summed E-state index contributed by atoms with van der Waals surface area (Å²) in [5.41, 5.74) is 0. The predicted octanol–water partition coefficient (Wildman–Crippen LogP) is 2.23. The number of carbonyl (C=O) groups excluding carboxylic acids is 1. The maximum atomic E-state index is 11.8. The zero-order valence-electron chi connectivity index (χ0n) is 13.5. The van der Waals surface area contributed by atoms with Crippen molar-refractivity contribution in [1.29, 1.82) is 0 Å². The van der Waals surface area contributed by atoms with E-state index in [1.165, 1.54) is 0 Å². The number of β-lactam (4-membered cyclic amide) rings is 1. The third kappa shape index (κ3) is 3.23. The molecule has 116 valence electrons. The van der Waals surface area contributed by atoms with Gasteiger partial charge in [-0.2, -0.15) is 0 Å². The van der Waals surface area contributed by atoms with E-state index < -0.39 is 20.2 Å². The van der Waals surface area contributed by atoms with E-state index >= 15 is 0 Å². The number of hydrogen-bond donors (Lipinski definition) is 2. The third-order valence-electron chi connectivity index (χ3n) is 4.72. The van der Waals surface area contributed by atoms with Crippen LogP contribution in [0.2, 0.25) is 18.1 Å². The van der Waals surface area contributed by atoms with E-state index in [9.17, 15) is 9.59 Å². The molecule has 0 aromatic heterocycles. The smallest absolute Gasteiger partial charge is 0.308 e. The molecular weight excluding hydrogens is 274 g/mol. The maximum Gasteiger partial charge on any atom is 0.308 e. The minimum atomic E-state index is -1.96. The second kappa shape index (κ2) is 5.48. The van der Waals surface area contributed by atoms with Crippen molar-refractivity contribution in [2.24, 2.45) is 11.8 Å². The summed E-state index contributed by atoms with van der Waals surface area (Å²) in [6, 6.07) is -0.334. The van der Waals surface area contributed by atoms with Crippen molar-refractivity contribution >= 4 is 20.2 Å². The van der Waals surface area contributed by atoms with Gasteiger partial charge in [0.25, 0.3) is 0 Å². The normalized spacial score (nSPS) is 26.4. The van der Waals surface area contributed by atoms with Crippen LogP contribution in [0.4, 0.5) is 0 Å². The third-order valence-corrected chi connectivity index (χ3v) is 9.29. The Kier molecular flexibility index (Phi) is 4.71. The first kappa shape index (κ1) is 17.2. The number of carboxylic acid groups (broad SMARTS) is 1. The van der Waals surface area contributed by atoms with Crippen LogP contribution in [0.25, 0.3) is 0 Å². The molecule has 0 saturated carbocycles. The molecule has 0 aromatic rings. The number of rotatable bonds is 5. The fraction of sp³-hybridized carbons (Fsp3) is 0.857. The highest BCUT2D eigenvalue weighted by Gasteiger charge is 2.50. The first-order valence-electron chi connectivity index (χ1n) is 7.09. The van der Waals surface area contributed by atoms with Crippen molar-refractivity contribution in [3.8, 4) is 0 Å². The Morgan fingerprint density at radius 1 is 1.35 bits per heavy atom.